The van der Waals surface area contributed by atoms with Gasteiger partial charge in [-0.25, -0.2) is 0 Å². The average molecular weight is 282 g/mol. The summed E-state index contributed by atoms with van der Waals surface area (Å²) in [6.45, 7) is 12.2. The van der Waals surface area contributed by atoms with Gasteiger partial charge in [-0.15, -0.1) is 6.58 Å². The van der Waals surface area contributed by atoms with Crippen molar-refractivity contribution in [2.24, 2.45) is 0 Å². The zero-order chi connectivity index (χ0) is 15.2. The van der Waals surface area contributed by atoms with E-state index < -0.39 is 0 Å². The van der Waals surface area contributed by atoms with Crippen LogP contribution in [0.15, 0.2) is 54.6 Å². The molecule has 0 spiro atoms. The summed E-state index contributed by atoms with van der Waals surface area (Å²) in [5.41, 5.74) is 5.44. The van der Waals surface area contributed by atoms with Crippen LogP contribution in [-0.2, 0) is 6.54 Å². The summed E-state index contributed by atoms with van der Waals surface area (Å²) in [7, 11) is 2.17. The first kappa shape index (κ1) is 15.6. The molecule has 0 amide bonds. The third-order valence-electron chi connectivity index (χ3n) is 3.95. The SMILES string of the molecule is C=CCN(CC)Cc1ccccc1C1=CC=C(C)CN1C. The molecule has 0 saturated heterocycles. The van der Waals surface area contributed by atoms with Crippen LogP contribution in [0.3, 0.4) is 0 Å². The third-order valence-corrected chi connectivity index (χ3v) is 3.95. The second-order valence-electron chi connectivity index (χ2n) is 5.69. The van der Waals surface area contributed by atoms with E-state index >= 15 is 0 Å². The maximum Gasteiger partial charge on any atom is 0.0443 e. The van der Waals surface area contributed by atoms with Crippen molar-refractivity contribution < 1.29 is 0 Å². The van der Waals surface area contributed by atoms with Crippen LogP contribution >= 0.6 is 0 Å². The molecule has 0 aromatic heterocycles. The van der Waals surface area contributed by atoms with Gasteiger partial charge in [0.1, 0.15) is 0 Å². The van der Waals surface area contributed by atoms with E-state index in [-0.39, 0.29) is 0 Å². The quantitative estimate of drug-likeness (QED) is 0.730. The molecule has 0 N–H and O–H groups in total. The number of rotatable bonds is 6. The normalized spacial score (nSPS) is 15.0. The van der Waals surface area contributed by atoms with Gasteiger partial charge in [0.25, 0.3) is 0 Å². The van der Waals surface area contributed by atoms with Gasteiger partial charge in [-0.1, -0.05) is 48.9 Å². The second kappa shape index (κ2) is 7.28. The maximum absolute atomic E-state index is 3.85. The highest BCUT2D eigenvalue weighted by atomic mass is 15.1. The van der Waals surface area contributed by atoms with Gasteiger partial charge in [0.2, 0.25) is 0 Å². The molecule has 2 nitrogen and oxygen atoms in total. The molecule has 112 valence electrons. The fourth-order valence-electron chi connectivity index (χ4n) is 2.79. The molecule has 1 aliphatic rings. The van der Waals surface area contributed by atoms with Crippen LogP contribution in [0.5, 0.6) is 0 Å². The van der Waals surface area contributed by atoms with Crippen LogP contribution in [-0.4, -0.2) is 36.5 Å². The number of likely N-dealkylation sites (N-methyl/N-ethyl adjacent to an activating group) is 2. The van der Waals surface area contributed by atoms with Gasteiger partial charge in [0.15, 0.2) is 0 Å². The predicted molar refractivity (Wildman–Crippen MR) is 92.0 cm³/mol. The molecule has 0 aliphatic carbocycles. The molecule has 0 fully saturated rings. The first-order chi connectivity index (χ1) is 10.2. The minimum absolute atomic E-state index is 0.929. The summed E-state index contributed by atoms with van der Waals surface area (Å²) in [6.07, 6.45) is 6.44. The van der Waals surface area contributed by atoms with Crippen LogP contribution in [0.25, 0.3) is 5.70 Å². The summed E-state index contributed by atoms with van der Waals surface area (Å²) in [5.74, 6) is 0. The van der Waals surface area contributed by atoms with Gasteiger partial charge < -0.3 is 4.90 Å². The summed E-state index contributed by atoms with van der Waals surface area (Å²) < 4.78 is 0. The standard InChI is InChI=1S/C19H26N2/c1-5-13-21(6-2)15-17-9-7-8-10-18(17)19-12-11-16(3)14-20(19)4/h5,7-12H,1,6,13-15H2,2-4H3. The number of allylic oxidation sites excluding steroid dienone is 2. The molecule has 2 rings (SSSR count). The molecule has 0 saturated carbocycles. The Hall–Kier alpha value is -1.80. The van der Waals surface area contributed by atoms with Crippen molar-refractivity contribution in [3.8, 4) is 0 Å². The molecule has 21 heavy (non-hydrogen) atoms. The number of nitrogens with zero attached hydrogens (tertiary/aromatic N) is 2. The number of hydrogen-bond acceptors (Lipinski definition) is 2. The molecule has 2 heteroatoms. The van der Waals surface area contributed by atoms with E-state index in [1.807, 2.05) is 6.08 Å². The smallest absolute Gasteiger partial charge is 0.0443 e. The Labute approximate surface area is 129 Å². The summed E-state index contributed by atoms with van der Waals surface area (Å²) >= 11 is 0. The second-order valence-corrected chi connectivity index (χ2v) is 5.69. The van der Waals surface area contributed by atoms with Crippen LogP contribution < -0.4 is 0 Å². The highest BCUT2D eigenvalue weighted by molar-refractivity contribution is 5.69. The maximum atomic E-state index is 3.85. The molecular formula is C19H26N2. The van der Waals surface area contributed by atoms with Crippen molar-refractivity contribution in [1.29, 1.82) is 0 Å². The Morgan fingerprint density at radius 3 is 2.71 bits per heavy atom. The van der Waals surface area contributed by atoms with Crippen molar-refractivity contribution in [2.45, 2.75) is 20.4 Å². The molecule has 1 heterocycles. The monoisotopic (exact) mass is 282 g/mol. The highest BCUT2D eigenvalue weighted by Crippen LogP contribution is 2.26. The largest absolute Gasteiger partial charge is 0.370 e. The van der Waals surface area contributed by atoms with Gasteiger partial charge in [-0.2, -0.15) is 0 Å². The molecule has 0 radical (unpaired) electrons. The van der Waals surface area contributed by atoms with Crippen LogP contribution in [0.4, 0.5) is 0 Å². The molecule has 0 atom stereocenters. The van der Waals surface area contributed by atoms with Gasteiger partial charge in [0, 0.05) is 37.9 Å². The lowest BCUT2D eigenvalue weighted by Crippen LogP contribution is -2.25. The molecule has 0 bridgehead atoms. The first-order valence-corrected chi connectivity index (χ1v) is 7.65. The lowest BCUT2D eigenvalue weighted by molar-refractivity contribution is 0.311. The Bertz CT molecular complexity index is 554. The van der Waals surface area contributed by atoms with Gasteiger partial charge in [-0.05, 0) is 25.1 Å². The molecule has 1 aromatic rings. The van der Waals surface area contributed by atoms with E-state index in [0.717, 1.165) is 26.2 Å². The summed E-state index contributed by atoms with van der Waals surface area (Å²) in [4.78, 5) is 4.73. The highest BCUT2D eigenvalue weighted by Gasteiger charge is 2.15. The summed E-state index contributed by atoms with van der Waals surface area (Å²) in [6, 6.07) is 8.72. The van der Waals surface area contributed by atoms with Crippen molar-refractivity contribution in [1.82, 2.24) is 9.80 Å². The van der Waals surface area contributed by atoms with Gasteiger partial charge in [-0.3, -0.25) is 4.90 Å². The van der Waals surface area contributed by atoms with E-state index in [1.54, 1.807) is 0 Å². The number of benzene rings is 1. The van der Waals surface area contributed by atoms with E-state index in [2.05, 4.69) is 73.7 Å². The van der Waals surface area contributed by atoms with Crippen molar-refractivity contribution in [2.75, 3.05) is 26.7 Å². The lowest BCUT2D eigenvalue weighted by Gasteiger charge is -2.29. The van der Waals surface area contributed by atoms with E-state index in [9.17, 15) is 0 Å². The average Bonchev–Trinajstić information content (AvgIpc) is 2.48. The van der Waals surface area contributed by atoms with E-state index in [1.165, 1.54) is 22.4 Å². The Balaban J connectivity index is 2.30. The first-order valence-electron chi connectivity index (χ1n) is 7.65. The lowest BCUT2D eigenvalue weighted by atomic mass is 10.00. The number of hydrogen-bond donors (Lipinski definition) is 0. The van der Waals surface area contributed by atoms with Crippen LogP contribution in [0.2, 0.25) is 0 Å². The van der Waals surface area contributed by atoms with Crippen LogP contribution in [0, 0.1) is 0 Å². The fraction of sp³-hybridized carbons (Fsp3) is 0.368. The van der Waals surface area contributed by atoms with Crippen molar-refractivity contribution >= 4 is 5.70 Å². The van der Waals surface area contributed by atoms with Gasteiger partial charge in [0.05, 0.1) is 0 Å². The zero-order valence-electron chi connectivity index (χ0n) is 13.5. The van der Waals surface area contributed by atoms with Crippen molar-refractivity contribution in [3.63, 3.8) is 0 Å². The topological polar surface area (TPSA) is 6.48 Å². The minimum Gasteiger partial charge on any atom is -0.370 e. The van der Waals surface area contributed by atoms with E-state index in [0.29, 0.717) is 0 Å². The molecular weight excluding hydrogens is 256 g/mol. The predicted octanol–water partition coefficient (Wildman–Crippen LogP) is 3.93. The van der Waals surface area contributed by atoms with Gasteiger partial charge >= 0.3 is 0 Å². The Morgan fingerprint density at radius 1 is 1.29 bits per heavy atom. The third kappa shape index (κ3) is 3.85. The van der Waals surface area contributed by atoms with E-state index in [4.69, 9.17) is 0 Å². The zero-order valence-corrected chi connectivity index (χ0v) is 13.5. The Morgan fingerprint density at radius 2 is 2.05 bits per heavy atom. The molecule has 0 unspecified atom stereocenters. The summed E-state index contributed by atoms with van der Waals surface area (Å²) in [5, 5.41) is 0. The van der Waals surface area contributed by atoms with Crippen LogP contribution in [0.1, 0.15) is 25.0 Å². The molecule has 1 aromatic carbocycles. The van der Waals surface area contributed by atoms with Crippen molar-refractivity contribution in [3.05, 3.63) is 65.8 Å². The molecule has 1 aliphatic heterocycles. The fourth-order valence-corrected chi connectivity index (χ4v) is 2.79. The Kier molecular flexibility index (Phi) is 5.40. The minimum atomic E-state index is 0.929.